The van der Waals surface area contributed by atoms with E-state index >= 15 is 0 Å². The first kappa shape index (κ1) is 15.1. The molecule has 0 N–H and O–H groups in total. The molecule has 1 aliphatic heterocycles. The maximum absolute atomic E-state index is 12.9. The Labute approximate surface area is 144 Å². The Kier molecular flexibility index (Phi) is 4.11. The van der Waals surface area contributed by atoms with E-state index in [-0.39, 0.29) is 11.9 Å². The number of hydrogen-bond acceptors (Lipinski definition) is 4. The van der Waals surface area contributed by atoms with Crippen LogP contribution in [0, 0.1) is 5.92 Å². The lowest BCUT2D eigenvalue weighted by atomic mass is 10.0. The summed E-state index contributed by atoms with van der Waals surface area (Å²) in [5.74, 6) is 1.76. The van der Waals surface area contributed by atoms with Gasteiger partial charge in [0.25, 0.3) is 5.91 Å². The van der Waals surface area contributed by atoms with Gasteiger partial charge in [0, 0.05) is 13.1 Å². The molecule has 122 valence electrons. The lowest BCUT2D eigenvalue weighted by molar-refractivity contribution is 0.0599. The number of aromatic nitrogens is 3. The zero-order valence-corrected chi connectivity index (χ0v) is 14.4. The molecule has 0 aromatic carbocycles. The molecular weight excluding hydrogens is 332 g/mol. The molecule has 2 aromatic heterocycles. The zero-order valence-electron chi connectivity index (χ0n) is 12.8. The second-order valence-corrected chi connectivity index (χ2v) is 8.11. The number of hydrogen-bond donors (Lipinski definition) is 0. The van der Waals surface area contributed by atoms with Crippen LogP contribution in [-0.2, 0) is 6.54 Å². The Morgan fingerprint density at radius 1 is 1.30 bits per heavy atom. The number of halogens is 1. The van der Waals surface area contributed by atoms with Gasteiger partial charge in [0.1, 0.15) is 6.33 Å². The van der Waals surface area contributed by atoms with E-state index in [9.17, 15) is 4.79 Å². The number of rotatable bonds is 4. The topological polar surface area (TPSA) is 51.0 Å². The minimum atomic E-state index is 0.0263. The summed E-state index contributed by atoms with van der Waals surface area (Å²) in [5.41, 5.74) is 0. The van der Waals surface area contributed by atoms with Gasteiger partial charge in [-0.3, -0.25) is 4.79 Å². The molecule has 0 spiro atoms. The van der Waals surface area contributed by atoms with Crippen LogP contribution < -0.4 is 0 Å². The minimum absolute atomic E-state index is 0.0263. The fourth-order valence-electron chi connectivity index (χ4n) is 3.26. The van der Waals surface area contributed by atoms with Crippen LogP contribution in [0.2, 0.25) is 4.34 Å². The fourth-order valence-corrected chi connectivity index (χ4v) is 4.25. The molecule has 3 heterocycles. The summed E-state index contributed by atoms with van der Waals surface area (Å²) in [6.45, 7) is 1.75. The second kappa shape index (κ2) is 6.24. The van der Waals surface area contributed by atoms with Gasteiger partial charge >= 0.3 is 0 Å². The van der Waals surface area contributed by atoms with Gasteiger partial charge in [0.05, 0.1) is 15.3 Å². The molecule has 7 heteroatoms. The monoisotopic (exact) mass is 350 g/mol. The molecule has 1 unspecified atom stereocenters. The van der Waals surface area contributed by atoms with Crippen LogP contribution >= 0.6 is 22.9 Å². The van der Waals surface area contributed by atoms with Crippen molar-refractivity contribution < 1.29 is 4.79 Å². The van der Waals surface area contributed by atoms with Crippen LogP contribution in [0.25, 0.3) is 0 Å². The Hall–Kier alpha value is -1.40. The highest BCUT2D eigenvalue weighted by Gasteiger charge is 2.33. The molecular formula is C16H19ClN4OS. The Morgan fingerprint density at radius 2 is 2.17 bits per heavy atom. The lowest BCUT2D eigenvalue weighted by Crippen LogP contribution is -2.39. The second-order valence-electron chi connectivity index (χ2n) is 6.40. The SMILES string of the molecule is O=C(c1ccc(Cl)s1)N1CCCCC1c1nncn1CC1CC1. The van der Waals surface area contributed by atoms with Crippen molar-refractivity contribution >= 4 is 28.8 Å². The summed E-state index contributed by atoms with van der Waals surface area (Å²) in [4.78, 5) is 15.5. The third-order valence-electron chi connectivity index (χ3n) is 4.64. The largest absolute Gasteiger partial charge is 0.328 e. The summed E-state index contributed by atoms with van der Waals surface area (Å²) >= 11 is 7.34. The highest BCUT2D eigenvalue weighted by atomic mass is 35.5. The van der Waals surface area contributed by atoms with E-state index < -0.39 is 0 Å². The maximum atomic E-state index is 12.9. The van der Waals surface area contributed by atoms with Gasteiger partial charge in [-0.05, 0) is 50.2 Å². The number of thiophene rings is 1. The first-order valence-corrected chi connectivity index (χ1v) is 9.36. The summed E-state index contributed by atoms with van der Waals surface area (Å²) in [6, 6.07) is 3.63. The van der Waals surface area contributed by atoms with E-state index in [1.807, 2.05) is 17.3 Å². The average molecular weight is 351 g/mol. The molecule has 1 aliphatic carbocycles. The van der Waals surface area contributed by atoms with Crippen molar-refractivity contribution in [2.24, 2.45) is 5.92 Å². The molecule has 1 saturated carbocycles. The van der Waals surface area contributed by atoms with Crippen molar-refractivity contribution in [3.8, 4) is 0 Å². The van der Waals surface area contributed by atoms with Gasteiger partial charge in [-0.2, -0.15) is 0 Å². The van der Waals surface area contributed by atoms with Gasteiger partial charge in [-0.1, -0.05) is 11.6 Å². The van der Waals surface area contributed by atoms with Crippen molar-refractivity contribution in [3.63, 3.8) is 0 Å². The Bertz CT molecular complexity index is 709. The van der Waals surface area contributed by atoms with E-state index in [0.29, 0.717) is 9.21 Å². The predicted octanol–water partition coefficient (Wildman–Crippen LogP) is 3.77. The number of amides is 1. The van der Waals surface area contributed by atoms with Gasteiger partial charge < -0.3 is 9.47 Å². The Morgan fingerprint density at radius 3 is 2.91 bits per heavy atom. The molecule has 2 fully saturated rings. The number of piperidine rings is 1. The quantitative estimate of drug-likeness (QED) is 0.843. The average Bonchev–Trinajstić information content (AvgIpc) is 3.07. The molecule has 0 bridgehead atoms. The number of carbonyl (C=O) groups excluding carboxylic acids is 1. The van der Waals surface area contributed by atoms with E-state index in [4.69, 9.17) is 11.6 Å². The number of nitrogens with zero attached hydrogens (tertiary/aromatic N) is 4. The molecule has 1 saturated heterocycles. The van der Waals surface area contributed by atoms with Crippen LogP contribution in [0.4, 0.5) is 0 Å². The van der Waals surface area contributed by atoms with Crippen molar-refractivity contribution in [2.75, 3.05) is 6.54 Å². The number of carbonyl (C=O) groups is 1. The molecule has 1 amide bonds. The van der Waals surface area contributed by atoms with E-state index in [0.717, 1.165) is 44.1 Å². The smallest absolute Gasteiger partial charge is 0.264 e. The minimum Gasteiger partial charge on any atom is -0.328 e. The van der Waals surface area contributed by atoms with Crippen molar-refractivity contribution in [3.05, 3.63) is 33.5 Å². The van der Waals surface area contributed by atoms with Crippen LogP contribution in [0.1, 0.15) is 53.6 Å². The molecule has 2 aromatic rings. The molecule has 23 heavy (non-hydrogen) atoms. The first-order valence-electron chi connectivity index (χ1n) is 8.16. The molecule has 0 radical (unpaired) electrons. The summed E-state index contributed by atoms with van der Waals surface area (Å²) < 4.78 is 2.80. The van der Waals surface area contributed by atoms with Crippen LogP contribution in [0.15, 0.2) is 18.5 Å². The van der Waals surface area contributed by atoms with Crippen LogP contribution in [-0.4, -0.2) is 32.1 Å². The van der Waals surface area contributed by atoms with E-state index in [1.54, 1.807) is 6.07 Å². The third kappa shape index (κ3) is 3.15. The van der Waals surface area contributed by atoms with Crippen LogP contribution in [0.5, 0.6) is 0 Å². The summed E-state index contributed by atoms with van der Waals surface area (Å²) in [5, 5.41) is 8.45. The zero-order chi connectivity index (χ0) is 15.8. The highest BCUT2D eigenvalue weighted by Crippen LogP contribution is 2.35. The third-order valence-corrected chi connectivity index (χ3v) is 5.86. The normalized spacial score (nSPS) is 21.6. The summed E-state index contributed by atoms with van der Waals surface area (Å²) in [7, 11) is 0. The standard InChI is InChI=1S/C16H19ClN4OS/c17-14-7-6-13(23-14)16(22)21-8-2-1-3-12(21)15-19-18-10-20(15)9-11-4-5-11/h6-7,10-12H,1-5,8-9H2. The van der Waals surface area contributed by atoms with Gasteiger partial charge in [-0.15, -0.1) is 21.5 Å². The van der Waals surface area contributed by atoms with Crippen molar-refractivity contribution in [1.82, 2.24) is 19.7 Å². The predicted molar refractivity (Wildman–Crippen MR) is 89.7 cm³/mol. The molecule has 2 aliphatic rings. The van der Waals surface area contributed by atoms with Gasteiger partial charge in [0.2, 0.25) is 0 Å². The molecule has 1 atom stereocenters. The fraction of sp³-hybridized carbons (Fsp3) is 0.562. The van der Waals surface area contributed by atoms with Gasteiger partial charge in [-0.25, -0.2) is 0 Å². The van der Waals surface area contributed by atoms with E-state index in [1.165, 1.54) is 24.2 Å². The lowest BCUT2D eigenvalue weighted by Gasteiger charge is -2.35. The molecule has 4 rings (SSSR count). The first-order chi connectivity index (χ1) is 11.2. The van der Waals surface area contributed by atoms with Gasteiger partial charge in [0.15, 0.2) is 5.82 Å². The van der Waals surface area contributed by atoms with E-state index in [2.05, 4.69) is 14.8 Å². The van der Waals surface area contributed by atoms with Crippen molar-refractivity contribution in [1.29, 1.82) is 0 Å². The van der Waals surface area contributed by atoms with Crippen LogP contribution in [0.3, 0.4) is 0 Å². The maximum Gasteiger partial charge on any atom is 0.264 e. The number of likely N-dealkylation sites (tertiary alicyclic amines) is 1. The molecule has 5 nitrogen and oxygen atoms in total. The van der Waals surface area contributed by atoms with Crippen molar-refractivity contribution in [2.45, 2.75) is 44.7 Å². The Balaban J connectivity index is 1.60. The summed E-state index contributed by atoms with van der Waals surface area (Å²) in [6.07, 6.45) is 7.51. The highest BCUT2D eigenvalue weighted by molar-refractivity contribution is 7.17.